The zero-order valence-electron chi connectivity index (χ0n) is 9.47. The highest BCUT2D eigenvalue weighted by atomic mass is 35.5. The SMILES string of the molecule is O=C(c1ccccc1)c1ccc([N+](=O)[O-])c(Cl)c1Cl. The van der Waals surface area contributed by atoms with Crippen molar-refractivity contribution in [3.05, 3.63) is 73.8 Å². The number of nitro benzene ring substituents is 1. The van der Waals surface area contributed by atoms with E-state index in [1.807, 2.05) is 0 Å². The molecule has 0 N–H and O–H groups in total. The lowest BCUT2D eigenvalue weighted by molar-refractivity contribution is -0.384. The highest BCUT2D eigenvalue weighted by Gasteiger charge is 2.21. The van der Waals surface area contributed by atoms with Crippen molar-refractivity contribution < 1.29 is 9.72 Å². The van der Waals surface area contributed by atoms with Gasteiger partial charge in [0.2, 0.25) is 0 Å². The van der Waals surface area contributed by atoms with Crippen LogP contribution in [0.4, 0.5) is 5.69 Å². The van der Waals surface area contributed by atoms with Crippen molar-refractivity contribution >= 4 is 34.7 Å². The largest absolute Gasteiger partial charge is 0.289 e. The zero-order valence-corrected chi connectivity index (χ0v) is 11.0. The van der Waals surface area contributed by atoms with E-state index in [1.54, 1.807) is 30.3 Å². The molecule has 0 radical (unpaired) electrons. The fourth-order valence-electron chi connectivity index (χ4n) is 1.60. The molecule has 0 aliphatic carbocycles. The van der Waals surface area contributed by atoms with E-state index in [2.05, 4.69) is 0 Å². The molecule has 0 atom stereocenters. The van der Waals surface area contributed by atoms with Gasteiger partial charge < -0.3 is 0 Å². The standard InChI is InChI=1S/C13H7Cl2NO3/c14-11-9(6-7-10(12(11)15)16(18)19)13(17)8-4-2-1-3-5-8/h1-7H. The topological polar surface area (TPSA) is 60.2 Å². The van der Waals surface area contributed by atoms with E-state index >= 15 is 0 Å². The molecule has 0 aliphatic heterocycles. The third kappa shape index (κ3) is 2.59. The third-order valence-electron chi connectivity index (χ3n) is 2.54. The van der Waals surface area contributed by atoms with E-state index in [9.17, 15) is 14.9 Å². The molecule has 0 heterocycles. The number of nitro groups is 1. The van der Waals surface area contributed by atoms with Crippen LogP contribution >= 0.6 is 23.2 Å². The van der Waals surface area contributed by atoms with Gasteiger partial charge in [0, 0.05) is 17.2 Å². The molecule has 0 saturated heterocycles. The zero-order chi connectivity index (χ0) is 14.0. The van der Waals surface area contributed by atoms with Gasteiger partial charge in [-0.1, -0.05) is 53.5 Å². The van der Waals surface area contributed by atoms with Crippen molar-refractivity contribution in [2.45, 2.75) is 0 Å². The Balaban J connectivity index is 2.51. The Hall–Kier alpha value is -1.91. The average Bonchev–Trinajstić information content (AvgIpc) is 2.41. The van der Waals surface area contributed by atoms with E-state index in [1.165, 1.54) is 12.1 Å². The summed E-state index contributed by atoms with van der Waals surface area (Å²) in [6.07, 6.45) is 0. The Morgan fingerprint density at radius 3 is 2.21 bits per heavy atom. The van der Waals surface area contributed by atoms with Crippen LogP contribution in [0.2, 0.25) is 10.0 Å². The summed E-state index contributed by atoms with van der Waals surface area (Å²) in [5.74, 6) is -0.331. The first-order valence-electron chi connectivity index (χ1n) is 5.24. The van der Waals surface area contributed by atoms with Crippen LogP contribution in [-0.2, 0) is 0 Å². The predicted octanol–water partition coefficient (Wildman–Crippen LogP) is 4.13. The van der Waals surface area contributed by atoms with Gasteiger partial charge in [0.15, 0.2) is 5.78 Å². The van der Waals surface area contributed by atoms with Crippen LogP contribution in [0, 0.1) is 10.1 Å². The van der Waals surface area contributed by atoms with Crippen molar-refractivity contribution in [2.75, 3.05) is 0 Å². The second-order valence-electron chi connectivity index (χ2n) is 3.71. The number of rotatable bonds is 3. The molecule has 0 amide bonds. The molecule has 2 rings (SSSR count). The molecular weight excluding hydrogens is 289 g/mol. The second-order valence-corrected chi connectivity index (χ2v) is 4.47. The number of ketones is 1. The number of carbonyl (C=O) groups excluding carboxylic acids is 1. The minimum atomic E-state index is -0.648. The first-order chi connectivity index (χ1) is 9.02. The van der Waals surface area contributed by atoms with E-state index < -0.39 is 4.92 Å². The summed E-state index contributed by atoms with van der Waals surface area (Å²) in [4.78, 5) is 22.2. The molecule has 0 aromatic heterocycles. The van der Waals surface area contributed by atoms with Crippen molar-refractivity contribution in [2.24, 2.45) is 0 Å². The van der Waals surface area contributed by atoms with Crippen LogP contribution < -0.4 is 0 Å². The number of benzene rings is 2. The third-order valence-corrected chi connectivity index (χ3v) is 3.41. The summed E-state index contributed by atoms with van der Waals surface area (Å²) in [7, 11) is 0. The summed E-state index contributed by atoms with van der Waals surface area (Å²) < 4.78 is 0. The Morgan fingerprint density at radius 1 is 1.00 bits per heavy atom. The number of carbonyl (C=O) groups is 1. The summed E-state index contributed by atoms with van der Waals surface area (Å²) in [5.41, 5.74) is 0.258. The molecule has 0 fully saturated rings. The van der Waals surface area contributed by atoms with Gasteiger partial charge in [0.05, 0.1) is 9.95 Å². The first-order valence-corrected chi connectivity index (χ1v) is 6.00. The highest BCUT2D eigenvalue weighted by Crippen LogP contribution is 2.35. The van der Waals surface area contributed by atoms with E-state index in [0.717, 1.165) is 0 Å². The molecular formula is C13H7Cl2NO3. The van der Waals surface area contributed by atoms with Crippen LogP contribution in [0.1, 0.15) is 15.9 Å². The normalized spacial score (nSPS) is 10.2. The molecule has 96 valence electrons. The predicted molar refractivity (Wildman–Crippen MR) is 73.0 cm³/mol. The number of halogens is 2. The minimum absolute atomic E-state index is 0.107. The molecule has 0 aliphatic rings. The van der Waals surface area contributed by atoms with Crippen molar-refractivity contribution in [3.8, 4) is 0 Å². The van der Waals surface area contributed by atoms with Crippen LogP contribution in [0.25, 0.3) is 0 Å². The maximum atomic E-state index is 12.2. The van der Waals surface area contributed by atoms with Gasteiger partial charge in [0.1, 0.15) is 5.02 Å². The lowest BCUT2D eigenvalue weighted by Gasteiger charge is -2.05. The molecule has 2 aromatic rings. The monoisotopic (exact) mass is 295 g/mol. The summed E-state index contributed by atoms with van der Waals surface area (Å²) in [6.45, 7) is 0. The molecule has 0 bridgehead atoms. The Morgan fingerprint density at radius 2 is 1.63 bits per heavy atom. The maximum absolute atomic E-state index is 12.2. The van der Waals surface area contributed by atoms with Crippen LogP contribution in [-0.4, -0.2) is 10.7 Å². The average molecular weight is 296 g/mol. The van der Waals surface area contributed by atoms with Gasteiger partial charge in [-0.3, -0.25) is 14.9 Å². The number of hydrogen-bond acceptors (Lipinski definition) is 3. The van der Waals surface area contributed by atoms with Crippen LogP contribution in [0.15, 0.2) is 42.5 Å². The van der Waals surface area contributed by atoms with Gasteiger partial charge in [-0.05, 0) is 6.07 Å². The van der Waals surface area contributed by atoms with E-state index in [4.69, 9.17) is 23.2 Å². The molecule has 4 nitrogen and oxygen atoms in total. The fraction of sp³-hybridized carbons (Fsp3) is 0. The summed E-state index contributed by atoms with van der Waals surface area (Å²) in [6, 6.07) is 11.0. The Bertz CT molecular complexity index is 656. The molecule has 0 spiro atoms. The van der Waals surface area contributed by atoms with Gasteiger partial charge in [-0.25, -0.2) is 0 Å². The molecule has 6 heteroatoms. The number of hydrogen-bond donors (Lipinski definition) is 0. The molecule has 0 saturated carbocycles. The molecule has 19 heavy (non-hydrogen) atoms. The van der Waals surface area contributed by atoms with Gasteiger partial charge in [0.25, 0.3) is 5.69 Å². The molecule has 2 aromatic carbocycles. The lowest BCUT2D eigenvalue weighted by Crippen LogP contribution is -2.03. The Kier molecular flexibility index (Phi) is 3.83. The van der Waals surface area contributed by atoms with E-state index in [-0.39, 0.29) is 27.1 Å². The quantitative estimate of drug-likeness (QED) is 0.486. The van der Waals surface area contributed by atoms with Crippen LogP contribution in [0.5, 0.6) is 0 Å². The number of nitrogens with zero attached hydrogens (tertiary/aromatic N) is 1. The first kappa shape index (κ1) is 13.5. The van der Waals surface area contributed by atoms with Crippen molar-refractivity contribution in [3.63, 3.8) is 0 Å². The smallest absolute Gasteiger partial charge is 0.289 e. The highest BCUT2D eigenvalue weighted by molar-refractivity contribution is 6.45. The maximum Gasteiger partial charge on any atom is 0.289 e. The fourth-order valence-corrected chi connectivity index (χ4v) is 2.08. The minimum Gasteiger partial charge on any atom is -0.289 e. The van der Waals surface area contributed by atoms with Crippen molar-refractivity contribution in [1.82, 2.24) is 0 Å². The van der Waals surface area contributed by atoms with Gasteiger partial charge in [-0.2, -0.15) is 0 Å². The Labute approximate surface area is 118 Å². The second kappa shape index (κ2) is 5.38. The van der Waals surface area contributed by atoms with Gasteiger partial charge >= 0.3 is 0 Å². The molecule has 0 unspecified atom stereocenters. The van der Waals surface area contributed by atoms with E-state index in [0.29, 0.717) is 5.56 Å². The van der Waals surface area contributed by atoms with Crippen molar-refractivity contribution in [1.29, 1.82) is 0 Å². The van der Waals surface area contributed by atoms with Gasteiger partial charge in [-0.15, -0.1) is 0 Å². The van der Waals surface area contributed by atoms with Crippen LogP contribution in [0.3, 0.4) is 0 Å². The lowest BCUT2D eigenvalue weighted by atomic mass is 10.0. The summed E-state index contributed by atoms with van der Waals surface area (Å²) >= 11 is 11.7. The summed E-state index contributed by atoms with van der Waals surface area (Å²) in [5, 5.41) is 10.4.